The normalized spacial score (nSPS) is 13.1. The molecule has 190 valence electrons. The Morgan fingerprint density at radius 1 is 0.641 bits per heavy atom. The summed E-state index contributed by atoms with van der Waals surface area (Å²) in [5.74, 6) is 0. The summed E-state index contributed by atoms with van der Waals surface area (Å²) in [7, 11) is 0. The maximum atomic E-state index is 2.41. The van der Waals surface area contributed by atoms with Crippen molar-refractivity contribution in [2.45, 2.75) is 10.0 Å². The largest absolute Gasteiger partial charge is 1.00 e. The van der Waals surface area contributed by atoms with Crippen molar-refractivity contribution in [2.24, 2.45) is 0 Å². The van der Waals surface area contributed by atoms with Gasteiger partial charge in [-0.2, -0.15) is 0 Å². The van der Waals surface area contributed by atoms with E-state index in [4.69, 9.17) is 0 Å². The van der Waals surface area contributed by atoms with Crippen LogP contribution < -0.4 is 24.8 Å². The Morgan fingerprint density at radius 3 is 1.72 bits per heavy atom. The SMILES string of the molecule is C1=CC(c2ccsc2)=[C]([Zr+2](=[C](c2ccccc2)c2ccccc2)[CH]2c3ccccc3-c3ccccc32)C1.[Cl-].[Cl-]. The van der Waals surface area contributed by atoms with E-state index in [9.17, 15) is 0 Å². The Balaban J connectivity index is 0.00000154. The van der Waals surface area contributed by atoms with Gasteiger partial charge >= 0.3 is 232 Å². The zero-order valence-electron chi connectivity index (χ0n) is 21.2. The van der Waals surface area contributed by atoms with Crippen LogP contribution in [0, 0.1) is 0 Å². The number of hydrogen-bond donors (Lipinski definition) is 0. The van der Waals surface area contributed by atoms with Gasteiger partial charge < -0.3 is 24.8 Å². The Morgan fingerprint density at radius 2 is 1.18 bits per heavy atom. The van der Waals surface area contributed by atoms with Gasteiger partial charge in [-0.15, -0.1) is 0 Å². The van der Waals surface area contributed by atoms with Crippen LogP contribution in [0.25, 0.3) is 16.7 Å². The summed E-state index contributed by atoms with van der Waals surface area (Å²) in [5, 5.41) is 4.54. The molecule has 0 aliphatic heterocycles. The molecule has 0 radical (unpaired) electrons. The van der Waals surface area contributed by atoms with Crippen LogP contribution in [0.1, 0.15) is 37.9 Å². The molecule has 0 unspecified atom stereocenters. The molecule has 1 aromatic heterocycles. The molecule has 0 atom stereocenters. The third kappa shape index (κ3) is 5.05. The molecule has 5 aromatic rings. The first-order valence-electron chi connectivity index (χ1n) is 12.9. The van der Waals surface area contributed by atoms with Crippen LogP contribution in [-0.4, -0.2) is 3.21 Å². The fourth-order valence-corrected chi connectivity index (χ4v) is 16.3. The van der Waals surface area contributed by atoms with Gasteiger partial charge in [0.15, 0.2) is 0 Å². The Kier molecular flexibility index (Phi) is 8.80. The van der Waals surface area contributed by atoms with Gasteiger partial charge in [0, 0.05) is 0 Å². The molecule has 2 aliphatic carbocycles. The second-order valence-corrected chi connectivity index (χ2v) is 16.6. The van der Waals surface area contributed by atoms with Crippen molar-refractivity contribution >= 4 is 20.1 Å². The predicted molar refractivity (Wildman–Crippen MR) is 155 cm³/mol. The van der Waals surface area contributed by atoms with Crippen molar-refractivity contribution in [3.05, 3.63) is 169 Å². The Hall–Kier alpha value is -2.61. The van der Waals surface area contributed by atoms with Crippen LogP contribution >= 0.6 is 11.3 Å². The average molecular weight is 641 g/mol. The number of thiophene rings is 1. The van der Waals surface area contributed by atoms with Gasteiger partial charge in [-0.25, -0.2) is 0 Å². The maximum absolute atomic E-state index is 2.69. The molecule has 1 heterocycles. The number of benzene rings is 4. The summed E-state index contributed by atoms with van der Waals surface area (Å²) in [4.78, 5) is 0. The van der Waals surface area contributed by atoms with E-state index < -0.39 is 21.3 Å². The molecule has 0 spiro atoms. The van der Waals surface area contributed by atoms with Crippen molar-refractivity contribution < 1.29 is 46.1 Å². The van der Waals surface area contributed by atoms with Crippen molar-refractivity contribution in [3.8, 4) is 11.1 Å². The Bertz CT molecular complexity index is 1600. The average Bonchev–Trinajstić information content (AvgIpc) is 3.72. The van der Waals surface area contributed by atoms with Crippen LogP contribution in [0.15, 0.2) is 141 Å². The molecule has 0 N–H and O–H groups in total. The predicted octanol–water partition coefficient (Wildman–Crippen LogP) is 3.08. The fourth-order valence-electron chi connectivity index (χ4n) is 6.07. The minimum absolute atomic E-state index is 0. The van der Waals surface area contributed by atoms with Crippen LogP contribution in [-0.2, 0) is 21.3 Å². The number of rotatable bonds is 5. The molecule has 0 amide bonds. The maximum Gasteiger partial charge on any atom is -1.00 e. The molecule has 0 bridgehead atoms. The minimum Gasteiger partial charge on any atom is -1.00 e. The first-order valence-corrected chi connectivity index (χ1v) is 17.7. The molecular formula is C35H26Cl2SZr. The van der Waals surface area contributed by atoms with Gasteiger partial charge in [0.1, 0.15) is 0 Å². The van der Waals surface area contributed by atoms with E-state index in [2.05, 4.69) is 138 Å². The molecule has 7 rings (SSSR count). The van der Waals surface area contributed by atoms with Crippen LogP contribution in [0.2, 0.25) is 0 Å². The van der Waals surface area contributed by atoms with Gasteiger partial charge in [0.05, 0.1) is 0 Å². The minimum atomic E-state index is -2.69. The van der Waals surface area contributed by atoms with Crippen molar-refractivity contribution in [3.63, 3.8) is 0 Å². The van der Waals surface area contributed by atoms with Gasteiger partial charge in [0.25, 0.3) is 0 Å². The molecule has 4 heteroatoms. The Labute approximate surface area is 254 Å². The molecule has 4 aromatic carbocycles. The zero-order chi connectivity index (χ0) is 24.6. The molecule has 0 saturated carbocycles. The summed E-state index contributed by atoms with van der Waals surface area (Å²) < 4.78 is 3.75. The number of halogens is 2. The van der Waals surface area contributed by atoms with Crippen LogP contribution in [0.4, 0.5) is 0 Å². The van der Waals surface area contributed by atoms with Gasteiger partial charge in [0.2, 0.25) is 0 Å². The molecule has 39 heavy (non-hydrogen) atoms. The molecule has 0 saturated heterocycles. The zero-order valence-corrected chi connectivity index (χ0v) is 26.0. The van der Waals surface area contributed by atoms with E-state index in [1.807, 2.05) is 0 Å². The van der Waals surface area contributed by atoms with E-state index in [0.29, 0.717) is 3.63 Å². The van der Waals surface area contributed by atoms with Gasteiger partial charge in [-0.1, -0.05) is 0 Å². The van der Waals surface area contributed by atoms with Crippen LogP contribution in [0.5, 0.6) is 0 Å². The molecule has 2 aliphatic rings. The third-order valence-corrected chi connectivity index (χ3v) is 16.7. The van der Waals surface area contributed by atoms with E-state index >= 15 is 0 Å². The molecule has 0 fully saturated rings. The van der Waals surface area contributed by atoms with E-state index in [1.54, 1.807) is 17.8 Å². The first kappa shape index (κ1) is 27.9. The van der Waals surface area contributed by atoms with E-state index in [0.717, 1.165) is 6.42 Å². The second kappa shape index (κ2) is 12.3. The van der Waals surface area contributed by atoms with Gasteiger partial charge in [-0.05, 0) is 0 Å². The van der Waals surface area contributed by atoms with Crippen molar-refractivity contribution in [1.82, 2.24) is 0 Å². The summed E-state index contributed by atoms with van der Waals surface area (Å²) in [6.45, 7) is 0. The van der Waals surface area contributed by atoms with Crippen molar-refractivity contribution in [1.29, 1.82) is 0 Å². The standard InChI is InChI=1S/C13H9.C13H10.C9H7S.2ClH.Zr/c1-3-7-12-10(5-1)9-11-6-2-4-8-13(11)12;1-3-7-12(8-4-1)11-13-9-5-2-6-10-13;1-2-4-8(3-1)9-5-6-10-7-9;;;/h1-9H;1-10H;1,3,5-7H,2H2;2*1H;/q;;;;;+2/p-2. The summed E-state index contributed by atoms with van der Waals surface area (Å²) in [5.41, 5.74) is 11.5. The summed E-state index contributed by atoms with van der Waals surface area (Å²) >= 11 is -0.896. The molecular weight excluding hydrogens is 615 g/mol. The van der Waals surface area contributed by atoms with Crippen LogP contribution in [0.3, 0.4) is 0 Å². The number of fused-ring (bicyclic) bond motifs is 3. The monoisotopic (exact) mass is 638 g/mol. The molecule has 0 nitrogen and oxygen atoms in total. The second-order valence-electron chi connectivity index (χ2n) is 9.64. The van der Waals surface area contributed by atoms with Crippen molar-refractivity contribution in [2.75, 3.05) is 0 Å². The van der Waals surface area contributed by atoms with E-state index in [1.165, 1.54) is 44.5 Å². The first-order chi connectivity index (χ1) is 18.4. The third-order valence-electron chi connectivity index (χ3n) is 7.61. The van der Waals surface area contributed by atoms with E-state index in [-0.39, 0.29) is 24.8 Å². The quantitative estimate of drug-likeness (QED) is 0.277. The topological polar surface area (TPSA) is 0 Å². The number of allylic oxidation sites excluding steroid dienone is 4. The summed E-state index contributed by atoms with van der Waals surface area (Å²) in [6.07, 6.45) is 5.87. The fraction of sp³-hybridized carbons (Fsp3) is 0.0571. The number of hydrogen-bond acceptors (Lipinski definition) is 1. The smallest absolute Gasteiger partial charge is 1.00 e. The summed E-state index contributed by atoms with van der Waals surface area (Å²) in [6, 6.07) is 43.1. The van der Waals surface area contributed by atoms with Gasteiger partial charge in [-0.3, -0.25) is 0 Å².